The number of rotatable bonds is 12. The van der Waals surface area contributed by atoms with Crippen LogP contribution in [0.5, 0.6) is 11.5 Å². The number of aliphatic carboxylic acids is 1. The number of carbonyl (C=O) groups excluding carboxylic acids is 2. The van der Waals surface area contributed by atoms with E-state index >= 15 is 0 Å². The monoisotopic (exact) mass is 850 g/mol. The molecule has 2 aliphatic heterocycles. The molecule has 2 heterocycles. The Kier molecular flexibility index (Phi) is 13.4. The number of halogens is 2. The zero-order valence-corrected chi connectivity index (χ0v) is 33.3. The van der Waals surface area contributed by atoms with Crippen LogP contribution in [-0.2, 0) is 4.79 Å². The highest BCUT2D eigenvalue weighted by molar-refractivity contribution is 9.10. The van der Waals surface area contributed by atoms with Gasteiger partial charge in [0.25, 0.3) is 0 Å². The Morgan fingerprint density at radius 3 is 1.57 bits per heavy atom. The highest BCUT2D eigenvalue weighted by atomic mass is 79.9. The number of hydrogen-bond acceptors (Lipinski definition) is 6. The number of hydrogen-bond donors (Lipinski definition) is 2. The van der Waals surface area contributed by atoms with Crippen LogP contribution in [0, 0.1) is 13.8 Å². The number of urea groups is 2. The van der Waals surface area contributed by atoms with E-state index in [1.54, 1.807) is 47.1 Å². The molecule has 4 aromatic carbocycles. The van der Waals surface area contributed by atoms with Crippen LogP contribution in [-0.4, -0.2) is 85.0 Å². The first-order valence-corrected chi connectivity index (χ1v) is 18.8. The maximum absolute atomic E-state index is 13.1. The number of aliphatic hydroxyl groups excluding tert-OH is 1. The number of amides is 4. The number of anilines is 2. The zero-order chi connectivity index (χ0) is 38.2. The highest BCUT2D eigenvalue weighted by Gasteiger charge is 2.37. The molecule has 6 rings (SSSR count). The third kappa shape index (κ3) is 9.32. The van der Waals surface area contributed by atoms with Crippen LogP contribution < -0.4 is 19.3 Å². The van der Waals surface area contributed by atoms with Crippen LogP contribution >= 0.6 is 31.9 Å². The highest BCUT2D eigenvalue weighted by Crippen LogP contribution is 2.35. The maximum atomic E-state index is 13.1. The summed E-state index contributed by atoms with van der Waals surface area (Å²) in [7, 11) is 3.18. The Balaban J connectivity index is 0.000000204. The second-order valence-electron chi connectivity index (χ2n) is 12.8. The average Bonchev–Trinajstić information content (AvgIpc) is 3.73. The van der Waals surface area contributed by atoms with E-state index < -0.39 is 12.0 Å². The van der Waals surface area contributed by atoms with Crippen LogP contribution in [0.4, 0.5) is 21.0 Å². The largest absolute Gasteiger partial charge is 0.497 e. The molecule has 0 aliphatic carbocycles. The van der Waals surface area contributed by atoms with Crippen LogP contribution in [0.2, 0.25) is 0 Å². The summed E-state index contributed by atoms with van der Waals surface area (Å²) in [6.45, 7) is 6.22. The van der Waals surface area contributed by atoms with Crippen LogP contribution in [0.3, 0.4) is 0 Å². The first-order valence-electron chi connectivity index (χ1n) is 17.2. The molecule has 0 saturated carbocycles. The molecule has 2 unspecified atom stereocenters. The van der Waals surface area contributed by atoms with Crippen molar-refractivity contribution < 1.29 is 34.1 Å². The Bertz CT molecular complexity index is 1940. The SMILES string of the molecule is COc1cccc(C(CC(=O)O)N2CCN(c3ccc(Br)c(C)c3)C2=O)c1.COc1cccc(C(CCO)N2CCN(c3ccc(Br)c(C)c3)C2=O)c1. The minimum absolute atomic E-state index is 0.0169. The molecule has 4 aromatic rings. The molecule has 2 atom stereocenters. The molecule has 4 amide bonds. The van der Waals surface area contributed by atoms with Gasteiger partial charge >= 0.3 is 18.0 Å². The van der Waals surface area contributed by atoms with Crippen molar-refractivity contribution in [3.05, 3.63) is 116 Å². The third-order valence-electron chi connectivity index (χ3n) is 9.47. The van der Waals surface area contributed by atoms with E-state index in [9.17, 15) is 24.6 Å². The number of aryl methyl sites for hydroxylation is 2. The number of carbonyl (C=O) groups is 3. The van der Waals surface area contributed by atoms with Crippen molar-refractivity contribution in [3.63, 3.8) is 0 Å². The van der Waals surface area contributed by atoms with Crippen molar-refractivity contribution in [1.29, 1.82) is 0 Å². The van der Waals surface area contributed by atoms with E-state index in [-0.39, 0.29) is 31.1 Å². The molecule has 11 nitrogen and oxygen atoms in total. The molecule has 280 valence electrons. The molecule has 0 bridgehead atoms. The molecule has 0 radical (unpaired) electrons. The molecule has 2 N–H and O–H groups in total. The van der Waals surface area contributed by atoms with Gasteiger partial charge in [-0.2, -0.15) is 0 Å². The summed E-state index contributed by atoms with van der Waals surface area (Å²) in [6.07, 6.45) is 0.332. The first kappa shape index (κ1) is 39.6. The van der Waals surface area contributed by atoms with Crippen molar-refractivity contribution in [2.24, 2.45) is 0 Å². The summed E-state index contributed by atoms with van der Waals surface area (Å²) in [4.78, 5) is 44.5. The Morgan fingerprint density at radius 1 is 0.698 bits per heavy atom. The van der Waals surface area contributed by atoms with Crippen LogP contribution in [0.1, 0.15) is 47.2 Å². The van der Waals surface area contributed by atoms with Gasteiger partial charge in [0, 0.05) is 53.1 Å². The van der Waals surface area contributed by atoms with Crippen molar-refractivity contribution in [2.75, 3.05) is 56.8 Å². The molecular formula is C40H44Br2N4O7. The summed E-state index contributed by atoms with van der Waals surface area (Å²) in [6, 6.07) is 25.6. The number of benzene rings is 4. The van der Waals surface area contributed by atoms with E-state index in [1.165, 1.54) is 0 Å². The summed E-state index contributed by atoms with van der Waals surface area (Å²) in [5, 5.41) is 18.9. The normalized spacial score (nSPS) is 15.3. The predicted octanol–water partition coefficient (Wildman–Crippen LogP) is 8.36. The van der Waals surface area contributed by atoms with E-state index in [2.05, 4.69) is 31.9 Å². The topological polar surface area (TPSA) is 123 Å². The number of methoxy groups -OCH3 is 2. The van der Waals surface area contributed by atoms with Gasteiger partial charge < -0.3 is 29.5 Å². The molecule has 53 heavy (non-hydrogen) atoms. The third-order valence-corrected chi connectivity index (χ3v) is 11.2. The number of ether oxygens (including phenoxy) is 2. The molecule has 2 aliphatic rings. The fraction of sp³-hybridized carbons (Fsp3) is 0.325. The van der Waals surface area contributed by atoms with Gasteiger partial charge in [-0.25, -0.2) is 9.59 Å². The quantitative estimate of drug-likeness (QED) is 0.147. The fourth-order valence-corrected chi connectivity index (χ4v) is 7.15. The van der Waals surface area contributed by atoms with Gasteiger partial charge in [-0.05, 0) is 103 Å². The van der Waals surface area contributed by atoms with E-state index in [4.69, 9.17) is 9.47 Å². The van der Waals surface area contributed by atoms with Crippen LogP contribution in [0.25, 0.3) is 0 Å². The predicted molar refractivity (Wildman–Crippen MR) is 212 cm³/mol. The molecule has 0 aromatic heterocycles. The standard InChI is InChI=1S/C20H21BrN2O4.C20H23BrN2O3/c1-13-10-15(6-7-17(13)21)22-8-9-23(20(22)26)18(12-19(24)25)14-4-3-5-16(11-14)27-2;1-14-12-16(6-7-18(14)21)22-9-10-23(20(22)25)19(8-11-24)15-4-3-5-17(13-15)26-2/h3-7,10-11,18H,8-9,12H2,1-2H3,(H,24,25);3-7,12-13,19,24H,8-11H2,1-2H3. The molecule has 13 heteroatoms. The lowest BCUT2D eigenvalue weighted by Gasteiger charge is -2.28. The van der Waals surface area contributed by atoms with Gasteiger partial charge in [-0.3, -0.25) is 14.6 Å². The van der Waals surface area contributed by atoms with Crippen molar-refractivity contribution in [3.8, 4) is 11.5 Å². The maximum Gasteiger partial charge on any atom is 0.325 e. The van der Waals surface area contributed by atoms with Gasteiger partial charge in [-0.15, -0.1) is 0 Å². The number of carboxylic acid groups (broad SMARTS) is 1. The molecule has 2 saturated heterocycles. The summed E-state index contributed by atoms with van der Waals surface area (Å²) < 4.78 is 12.6. The minimum Gasteiger partial charge on any atom is -0.497 e. The van der Waals surface area contributed by atoms with E-state index in [0.29, 0.717) is 38.3 Å². The summed E-state index contributed by atoms with van der Waals surface area (Å²) in [5.41, 5.74) is 5.55. The van der Waals surface area contributed by atoms with Crippen molar-refractivity contribution in [1.82, 2.24) is 9.80 Å². The lowest BCUT2D eigenvalue weighted by atomic mass is 10.0. The van der Waals surface area contributed by atoms with Gasteiger partial charge in [0.2, 0.25) is 0 Å². The van der Waals surface area contributed by atoms with Crippen LogP contribution in [0.15, 0.2) is 93.9 Å². The second-order valence-corrected chi connectivity index (χ2v) is 14.5. The minimum atomic E-state index is -0.950. The summed E-state index contributed by atoms with van der Waals surface area (Å²) in [5.74, 6) is 0.431. The second kappa shape index (κ2) is 18.0. The first-order chi connectivity index (χ1) is 25.4. The van der Waals surface area contributed by atoms with Gasteiger partial charge in [0.1, 0.15) is 11.5 Å². The fourth-order valence-electron chi connectivity index (χ4n) is 6.65. The van der Waals surface area contributed by atoms with Crippen molar-refractivity contribution >= 4 is 61.3 Å². The Hall–Kier alpha value is -4.59. The smallest absolute Gasteiger partial charge is 0.325 e. The van der Waals surface area contributed by atoms with E-state index in [0.717, 1.165) is 48.3 Å². The summed E-state index contributed by atoms with van der Waals surface area (Å²) >= 11 is 6.97. The van der Waals surface area contributed by atoms with Crippen molar-refractivity contribution in [2.45, 2.75) is 38.8 Å². The number of carboxylic acids is 1. The van der Waals surface area contributed by atoms with Gasteiger partial charge in [-0.1, -0.05) is 56.1 Å². The average molecular weight is 853 g/mol. The molecule has 2 fully saturated rings. The Labute approximate surface area is 327 Å². The molecular weight excluding hydrogens is 808 g/mol. The van der Waals surface area contributed by atoms with E-state index in [1.807, 2.05) is 85.5 Å². The van der Waals surface area contributed by atoms with Gasteiger partial charge in [0.05, 0.1) is 32.7 Å². The number of aliphatic hydroxyl groups is 1. The zero-order valence-electron chi connectivity index (χ0n) is 30.2. The lowest BCUT2D eigenvalue weighted by Crippen LogP contribution is -2.35. The van der Waals surface area contributed by atoms with Gasteiger partial charge in [0.15, 0.2) is 0 Å². The lowest BCUT2D eigenvalue weighted by molar-refractivity contribution is -0.138. The Morgan fingerprint density at radius 2 is 1.15 bits per heavy atom. The molecule has 0 spiro atoms. The number of nitrogens with zero attached hydrogens (tertiary/aromatic N) is 4.